The third kappa shape index (κ3) is 6.29. The molecular formula is C26H36O4. The van der Waals surface area contributed by atoms with Crippen LogP contribution >= 0.6 is 0 Å². The fourth-order valence-corrected chi connectivity index (χ4v) is 4.58. The molecule has 4 nitrogen and oxygen atoms in total. The molecule has 1 fully saturated rings. The molecule has 0 spiro atoms. The molecule has 2 aliphatic rings. The lowest BCUT2D eigenvalue weighted by molar-refractivity contribution is -0.147. The molecule has 0 radical (unpaired) electrons. The van der Waals surface area contributed by atoms with E-state index in [2.05, 4.69) is 42.5 Å². The standard InChI is InChI=1S/C26H36O4/c1-18(2)30-26(29)12-6-4-3-5-11-23-21(17-25(23)28)13-14-24(27)22-15-19-9-7-8-10-20(19)16-22/h3,5,7-10,13-14,18,21-25,27-28H,4,6,11-12,15-17H2,1-2H3/t21-,23+,24+,25-/m0/s1. The van der Waals surface area contributed by atoms with Crippen molar-refractivity contribution in [3.63, 3.8) is 0 Å². The monoisotopic (exact) mass is 412 g/mol. The predicted octanol–water partition coefficient (Wildman–Crippen LogP) is 4.38. The van der Waals surface area contributed by atoms with Gasteiger partial charge in [-0.2, -0.15) is 0 Å². The van der Waals surface area contributed by atoms with E-state index >= 15 is 0 Å². The molecular weight excluding hydrogens is 376 g/mol. The van der Waals surface area contributed by atoms with E-state index in [1.807, 2.05) is 19.9 Å². The van der Waals surface area contributed by atoms with Crippen molar-refractivity contribution in [2.24, 2.45) is 17.8 Å². The molecule has 0 heterocycles. The zero-order chi connectivity index (χ0) is 21.5. The van der Waals surface area contributed by atoms with Gasteiger partial charge in [0.2, 0.25) is 0 Å². The lowest BCUT2D eigenvalue weighted by Crippen LogP contribution is -2.40. The average Bonchev–Trinajstić information content (AvgIpc) is 3.13. The Labute approximate surface area is 180 Å². The first kappa shape index (κ1) is 22.8. The van der Waals surface area contributed by atoms with Gasteiger partial charge in [-0.05, 0) is 81.3 Å². The average molecular weight is 413 g/mol. The van der Waals surface area contributed by atoms with Crippen molar-refractivity contribution < 1.29 is 19.7 Å². The van der Waals surface area contributed by atoms with E-state index in [0.29, 0.717) is 12.3 Å². The summed E-state index contributed by atoms with van der Waals surface area (Å²) in [6, 6.07) is 8.44. The Morgan fingerprint density at radius 1 is 1.20 bits per heavy atom. The summed E-state index contributed by atoms with van der Waals surface area (Å²) in [4.78, 5) is 11.5. The fourth-order valence-electron chi connectivity index (χ4n) is 4.58. The highest BCUT2D eigenvalue weighted by atomic mass is 16.5. The number of hydrogen-bond donors (Lipinski definition) is 2. The number of allylic oxidation sites excluding steroid dienone is 3. The molecule has 164 valence electrons. The van der Waals surface area contributed by atoms with Gasteiger partial charge in [0.1, 0.15) is 0 Å². The minimum Gasteiger partial charge on any atom is -0.463 e. The van der Waals surface area contributed by atoms with Crippen LogP contribution in [0.15, 0.2) is 48.6 Å². The quantitative estimate of drug-likeness (QED) is 0.340. The molecule has 3 rings (SSSR count). The second kappa shape index (κ2) is 10.9. The molecule has 4 heteroatoms. The highest BCUT2D eigenvalue weighted by Crippen LogP contribution is 2.39. The van der Waals surface area contributed by atoms with Crippen LogP contribution in [0.5, 0.6) is 0 Å². The predicted molar refractivity (Wildman–Crippen MR) is 119 cm³/mol. The van der Waals surface area contributed by atoms with Crippen LogP contribution in [-0.4, -0.2) is 34.5 Å². The molecule has 0 amide bonds. The van der Waals surface area contributed by atoms with E-state index in [-0.39, 0.29) is 30.0 Å². The van der Waals surface area contributed by atoms with Crippen LogP contribution in [0.25, 0.3) is 0 Å². The second-order valence-corrected chi connectivity index (χ2v) is 9.08. The first-order valence-electron chi connectivity index (χ1n) is 11.4. The van der Waals surface area contributed by atoms with Crippen molar-refractivity contribution >= 4 is 5.97 Å². The van der Waals surface area contributed by atoms with Gasteiger partial charge in [-0.25, -0.2) is 0 Å². The molecule has 0 aliphatic heterocycles. The zero-order valence-corrected chi connectivity index (χ0v) is 18.2. The Hall–Kier alpha value is -1.91. The third-order valence-corrected chi connectivity index (χ3v) is 6.37. The SMILES string of the molecule is CC(C)OC(=O)CCCC=CC[C@H]1[C@@H](O)C[C@@H]1C=C[C@@H](O)C1Cc2ccccc2C1. The molecule has 2 N–H and O–H groups in total. The molecule has 0 aromatic heterocycles. The Kier molecular flexibility index (Phi) is 8.29. The second-order valence-electron chi connectivity index (χ2n) is 9.08. The number of aliphatic hydroxyl groups is 2. The summed E-state index contributed by atoms with van der Waals surface area (Å²) < 4.78 is 5.13. The van der Waals surface area contributed by atoms with Crippen molar-refractivity contribution in [1.82, 2.24) is 0 Å². The van der Waals surface area contributed by atoms with Crippen molar-refractivity contribution in [3.8, 4) is 0 Å². The number of carbonyl (C=O) groups is 1. The maximum Gasteiger partial charge on any atom is 0.306 e. The molecule has 1 saturated carbocycles. The van der Waals surface area contributed by atoms with E-state index in [4.69, 9.17) is 4.74 Å². The van der Waals surface area contributed by atoms with E-state index < -0.39 is 6.10 Å². The van der Waals surface area contributed by atoms with Gasteiger partial charge in [0, 0.05) is 6.42 Å². The van der Waals surface area contributed by atoms with Crippen molar-refractivity contribution in [2.45, 2.75) is 77.1 Å². The number of esters is 1. The first-order chi connectivity index (χ1) is 14.4. The molecule has 1 aromatic carbocycles. The first-order valence-corrected chi connectivity index (χ1v) is 11.4. The van der Waals surface area contributed by atoms with Gasteiger partial charge in [0.25, 0.3) is 0 Å². The van der Waals surface area contributed by atoms with Crippen LogP contribution in [0, 0.1) is 17.8 Å². The number of aliphatic hydroxyl groups excluding tert-OH is 2. The summed E-state index contributed by atoms with van der Waals surface area (Å²) in [5, 5.41) is 20.8. The van der Waals surface area contributed by atoms with Gasteiger partial charge >= 0.3 is 5.97 Å². The Morgan fingerprint density at radius 3 is 2.53 bits per heavy atom. The van der Waals surface area contributed by atoms with Gasteiger partial charge in [-0.3, -0.25) is 4.79 Å². The smallest absolute Gasteiger partial charge is 0.306 e. The highest BCUT2D eigenvalue weighted by molar-refractivity contribution is 5.69. The largest absolute Gasteiger partial charge is 0.463 e. The Morgan fingerprint density at radius 2 is 1.90 bits per heavy atom. The third-order valence-electron chi connectivity index (χ3n) is 6.37. The molecule has 0 saturated heterocycles. The van der Waals surface area contributed by atoms with Crippen LogP contribution < -0.4 is 0 Å². The van der Waals surface area contributed by atoms with Crippen LogP contribution in [0.4, 0.5) is 0 Å². The molecule has 0 bridgehead atoms. The number of ether oxygens (including phenoxy) is 1. The Bertz CT molecular complexity index is 726. The maximum atomic E-state index is 11.5. The summed E-state index contributed by atoms with van der Waals surface area (Å²) >= 11 is 0. The minimum atomic E-state index is -0.433. The van der Waals surface area contributed by atoms with Crippen LogP contribution in [-0.2, 0) is 22.4 Å². The molecule has 0 unspecified atom stereocenters. The van der Waals surface area contributed by atoms with E-state index in [1.54, 1.807) is 0 Å². The summed E-state index contributed by atoms with van der Waals surface area (Å²) in [5.41, 5.74) is 2.71. The number of benzene rings is 1. The maximum absolute atomic E-state index is 11.5. The number of rotatable bonds is 10. The van der Waals surface area contributed by atoms with Crippen LogP contribution in [0.3, 0.4) is 0 Å². The van der Waals surface area contributed by atoms with Crippen molar-refractivity contribution in [3.05, 3.63) is 59.7 Å². The topological polar surface area (TPSA) is 66.8 Å². The van der Waals surface area contributed by atoms with Crippen molar-refractivity contribution in [1.29, 1.82) is 0 Å². The lowest BCUT2D eigenvalue weighted by Gasteiger charge is -2.40. The van der Waals surface area contributed by atoms with E-state index in [0.717, 1.165) is 38.5 Å². The van der Waals surface area contributed by atoms with Gasteiger partial charge in [0.05, 0.1) is 18.3 Å². The van der Waals surface area contributed by atoms with Gasteiger partial charge in [-0.1, -0.05) is 48.6 Å². The summed E-state index contributed by atoms with van der Waals surface area (Å²) in [5.74, 6) is 0.659. The molecule has 30 heavy (non-hydrogen) atoms. The lowest BCUT2D eigenvalue weighted by atomic mass is 9.69. The number of fused-ring (bicyclic) bond motifs is 1. The number of unbranched alkanes of at least 4 members (excludes halogenated alkanes) is 1. The summed E-state index contributed by atoms with van der Waals surface area (Å²) in [6.45, 7) is 3.72. The summed E-state index contributed by atoms with van der Waals surface area (Å²) in [7, 11) is 0. The number of hydrogen-bond acceptors (Lipinski definition) is 4. The molecule has 4 atom stereocenters. The van der Waals surface area contributed by atoms with E-state index in [1.165, 1.54) is 11.1 Å². The van der Waals surface area contributed by atoms with Crippen LogP contribution in [0.2, 0.25) is 0 Å². The van der Waals surface area contributed by atoms with E-state index in [9.17, 15) is 15.0 Å². The summed E-state index contributed by atoms with van der Waals surface area (Å²) in [6.07, 6.45) is 13.1. The van der Waals surface area contributed by atoms with Crippen LogP contribution in [0.1, 0.15) is 57.1 Å². The minimum absolute atomic E-state index is 0.0550. The highest BCUT2D eigenvalue weighted by Gasteiger charge is 2.37. The van der Waals surface area contributed by atoms with Gasteiger partial charge in [0.15, 0.2) is 0 Å². The fraction of sp³-hybridized carbons (Fsp3) is 0.577. The zero-order valence-electron chi connectivity index (χ0n) is 18.2. The van der Waals surface area contributed by atoms with Gasteiger partial charge < -0.3 is 14.9 Å². The number of carbonyl (C=O) groups excluding carboxylic acids is 1. The normalized spacial score (nSPS) is 25.0. The molecule has 2 aliphatic carbocycles. The Balaban J connectivity index is 1.37. The van der Waals surface area contributed by atoms with Crippen molar-refractivity contribution in [2.75, 3.05) is 0 Å². The molecule has 1 aromatic rings. The van der Waals surface area contributed by atoms with Gasteiger partial charge in [-0.15, -0.1) is 0 Å².